The largest absolute Gasteiger partial charge is 0.365 e. The lowest BCUT2D eigenvalue weighted by Crippen LogP contribution is -2.15. The van der Waals surface area contributed by atoms with Gasteiger partial charge in [0.25, 0.3) is 5.91 Å². The van der Waals surface area contributed by atoms with Crippen LogP contribution in [0.1, 0.15) is 10.4 Å². The van der Waals surface area contributed by atoms with Crippen molar-refractivity contribution >= 4 is 23.3 Å². The van der Waals surface area contributed by atoms with Crippen molar-refractivity contribution in [2.45, 2.75) is 0 Å². The summed E-state index contributed by atoms with van der Waals surface area (Å²) in [5.74, 6) is -0.109. The number of carbonyl (C=O) groups excluding carboxylic acids is 1. The number of rotatable bonds is 4. The van der Waals surface area contributed by atoms with Crippen LogP contribution in [0.4, 0.5) is 5.82 Å². The van der Waals surface area contributed by atoms with Crippen LogP contribution in [0.2, 0.25) is 0 Å². The average molecular weight is 212 g/mol. The molecule has 1 aromatic rings. The predicted octanol–water partition coefficient (Wildman–Crippen LogP) is 1.34. The van der Waals surface area contributed by atoms with E-state index in [1.807, 2.05) is 0 Å². The summed E-state index contributed by atoms with van der Waals surface area (Å²) in [4.78, 5) is 14.9. The lowest BCUT2D eigenvalue weighted by Gasteiger charge is -2.06. The van der Waals surface area contributed by atoms with E-state index < -0.39 is 5.91 Å². The molecule has 0 aliphatic heterocycles. The van der Waals surface area contributed by atoms with Crippen LogP contribution in [0.3, 0.4) is 0 Å². The summed E-state index contributed by atoms with van der Waals surface area (Å²) in [6, 6.07) is 3.23. The second kappa shape index (κ2) is 4.62. The van der Waals surface area contributed by atoms with Gasteiger partial charge in [-0.15, -0.1) is 0 Å². The van der Waals surface area contributed by atoms with E-state index in [0.717, 1.165) is 0 Å². The Hall–Kier alpha value is -1.55. The Bertz CT molecular complexity index is 365. The number of primary amides is 1. The summed E-state index contributed by atoms with van der Waals surface area (Å²) in [5.41, 5.74) is 5.48. The number of amides is 1. The van der Waals surface area contributed by atoms with E-state index in [1.165, 1.54) is 0 Å². The lowest BCUT2D eigenvalue weighted by atomic mass is 10.2. The highest BCUT2D eigenvalue weighted by Crippen LogP contribution is 2.11. The number of pyridine rings is 1. The molecule has 1 amide bonds. The average Bonchev–Trinajstić information content (AvgIpc) is 2.15. The molecule has 0 bridgehead atoms. The van der Waals surface area contributed by atoms with Crippen molar-refractivity contribution in [1.29, 1.82) is 0 Å². The maximum Gasteiger partial charge on any atom is 0.252 e. The number of nitrogens with zero attached hydrogens (tertiary/aromatic N) is 1. The topological polar surface area (TPSA) is 68.0 Å². The number of hydrogen-bond acceptors (Lipinski definition) is 3. The van der Waals surface area contributed by atoms with Crippen molar-refractivity contribution in [2.75, 3.05) is 11.9 Å². The smallest absolute Gasteiger partial charge is 0.252 e. The highest BCUT2D eigenvalue weighted by Gasteiger charge is 2.07. The Morgan fingerprint density at radius 3 is 3.00 bits per heavy atom. The van der Waals surface area contributed by atoms with Gasteiger partial charge in [-0.25, -0.2) is 4.98 Å². The van der Waals surface area contributed by atoms with Crippen molar-refractivity contribution in [3.8, 4) is 0 Å². The molecular weight excluding hydrogens is 202 g/mol. The number of carbonyl (C=O) groups is 1. The van der Waals surface area contributed by atoms with E-state index in [2.05, 4.69) is 16.9 Å². The Morgan fingerprint density at radius 2 is 2.43 bits per heavy atom. The normalized spacial score (nSPS) is 9.50. The zero-order valence-corrected chi connectivity index (χ0v) is 8.21. The molecule has 0 aliphatic carbocycles. The predicted molar refractivity (Wildman–Crippen MR) is 56.2 cm³/mol. The summed E-state index contributed by atoms with van der Waals surface area (Å²) in [6.45, 7) is 3.85. The molecule has 3 N–H and O–H groups in total. The molecule has 0 radical (unpaired) electrons. The van der Waals surface area contributed by atoms with Gasteiger partial charge < -0.3 is 11.1 Å². The van der Waals surface area contributed by atoms with Gasteiger partial charge in [-0.1, -0.05) is 18.2 Å². The zero-order chi connectivity index (χ0) is 10.6. The fraction of sp³-hybridized carbons (Fsp3) is 0.111. The van der Waals surface area contributed by atoms with Crippen LogP contribution in [0.15, 0.2) is 29.9 Å². The highest BCUT2D eigenvalue weighted by atomic mass is 35.5. The Morgan fingerprint density at radius 1 is 1.71 bits per heavy atom. The molecule has 0 aromatic carbocycles. The van der Waals surface area contributed by atoms with Gasteiger partial charge in [0.1, 0.15) is 5.82 Å². The molecule has 1 aromatic heterocycles. The molecule has 0 unspecified atom stereocenters. The van der Waals surface area contributed by atoms with Gasteiger partial charge in [0.15, 0.2) is 0 Å². The first kappa shape index (κ1) is 10.5. The van der Waals surface area contributed by atoms with Crippen LogP contribution in [0.5, 0.6) is 0 Å². The summed E-state index contributed by atoms with van der Waals surface area (Å²) in [6.07, 6.45) is 1.56. The first-order valence-electron chi connectivity index (χ1n) is 3.93. The number of aromatic nitrogens is 1. The summed E-state index contributed by atoms with van der Waals surface area (Å²) >= 11 is 5.56. The maximum atomic E-state index is 11.0. The fourth-order valence-corrected chi connectivity index (χ4v) is 0.991. The lowest BCUT2D eigenvalue weighted by molar-refractivity contribution is 0.100. The summed E-state index contributed by atoms with van der Waals surface area (Å²) < 4.78 is 0. The molecule has 0 saturated carbocycles. The number of nitrogens with one attached hydrogen (secondary N) is 1. The highest BCUT2D eigenvalue weighted by molar-refractivity contribution is 6.29. The molecule has 0 spiro atoms. The fourth-order valence-electron chi connectivity index (χ4n) is 0.925. The standard InChI is InChI=1S/C9H10ClN3O/c1-6(10)5-13-9-7(8(11)14)3-2-4-12-9/h2-4H,1,5H2,(H2,11,14)(H,12,13). The van der Waals surface area contributed by atoms with Gasteiger partial charge in [0.05, 0.1) is 12.1 Å². The van der Waals surface area contributed by atoms with Gasteiger partial charge in [-0.3, -0.25) is 4.79 Å². The Kier molecular flexibility index (Phi) is 3.48. The monoisotopic (exact) mass is 211 g/mol. The van der Waals surface area contributed by atoms with E-state index >= 15 is 0 Å². The van der Waals surface area contributed by atoms with Crippen molar-refractivity contribution in [3.05, 3.63) is 35.5 Å². The first-order valence-corrected chi connectivity index (χ1v) is 4.31. The molecule has 1 rings (SSSR count). The SMILES string of the molecule is C=C(Cl)CNc1ncccc1C(N)=O. The molecule has 0 saturated heterocycles. The van der Waals surface area contributed by atoms with Crippen molar-refractivity contribution in [2.24, 2.45) is 5.73 Å². The van der Waals surface area contributed by atoms with Crippen LogP contribution in [-0.4, -0.2) is 17.4 Å². The molecule has 0 atom stereocenters. The quantitative estimate of drug-likeness (QED) is 0.790. The third-order valence-corrected chi connectivity index (χ3v) is 1.65. The molecule has 4 nitrogen and oxygen atoms in total. The molecule has 1 heterocycles. The Labute approximate surface area is 86.8 Å². The Balaban J connectivity index is 2.84. The zero-order valence-electron chi connectivity index (χ0n) is 7.46. The molecular formula is C9H10ClN3O. The van der Waals surface area contributed by atoms with Gasteiger partial charge >= 0.3 is 0 Å². The van der Waals surface area contributed by atoms with Gasteiger partial charge in [-0.2, -0.15) is 0 Å². The van der Waals surface area contributed by atoms with E-state index in [1.54, 1.807) is 18.3 Å². The minimum Gasteiger partial charge on any atom is -0.365 e. The molecule has 0 fully saturated rings. The first-order chi connectivity index (χ1) is 6.61. The molecule has 14 heavy (non-hydrogen) atoms. The minimum absolute atomic E-state index is 0.338. The molecule has 0 aliphatic rings. The van der Waals surface area contributed by atoms with E-state index in [-0.39, 0.29) is 0 Å². The number of halogens is 1. The van der Waals surface area contributed by atoms with Crippen molar-refractivity contribution < 1.29 is 4.79 Å². The summed E-state index contributed by atoms with van der Waals surface area (Å²) in [7, 11) is 0. The number of hydrogen-bond donors (Lipinski definition) is 2. The van der Waals surface area contributed by atoms with E-state index in [9.17, 15) is 4.79 Å². The van der Waals surface area contributed by atoms with Crippen LogP contribution in [-0.2, 0) is 0 Å². The third kappa shape index (κ3) is 2.74. The van der Waals surface area contributed by atoms with Gasteiger partial charge in [-0.05, 0) is 12.1 Å². The van der Waals surface area contributed by atoms with Gasteiger partial charge in [0, 0.05) is 11.2 Å². The van der Waals surface area contributed by atoms with E-state index in [4.69, 9.17) is 17.3 Å². The number of nitrogens with two attached hydrogens (primary N) is 1. The molecule has 74 valence electrons. The number of anilines is 1. The van der Waals surface area contributed by atoms with E-state index in [0.29, 0.717) is 23.0 Å². The third-order valence-electron chi connectivity index (χ3n) is 1.52. The second-order valence-electron chi connectivity index (χ2n) is 2.63. The van der Waals surface area contributed by atoms with Crippen LogP contribution < -0.4 is 11.1 Å². The van der Waals surface area contributed by atoms with Crippen molar-refractivity contribution in [3.63, 3.8) is 0 Å². The van der Waals surface area contributed by atoms with Crippen molar-refractivity contribution in [1.82, 2.24) is 4.98 Å². The van der Waals surface area contributed by atoms with Gasteiger partial charge in [0.2, 0.25) is 0 Å². The minimum atomic E-state index is -0.527. The second-order valence-corrected chi connectivity index (χ2v) is 3.17. The van der Waals surface area contributed by atoms with Crippen LogP contribution in [0.25, 0.3) is 0 Å². The maximum absolute atomic E-state index is 11.0. The van der Waals surface area contributed by atoms with Crippen LogP contribution in [0, 0.1) is 0 Å². The van der Waals surface area contributed by atoms with Crippen LogP contribution >= 0.6 is 11.6 Å². The molecule has 5 heteroatoms. The summed E-state index contributed by atoms with van der Waals surface area (Å²) in [5, 5.41) is 3.29.